The molecule has 0 aromatic carbocycles. The molecular weight excluding hydrogens is 473 g/mol. The van der Waals surface area contributed by atoms with Crippen molar-refractivity contribution in [3.8, 4) is 11.8 Å². The van der Waals surface area contributed by atoms with Crippen molar-refractivity contribution in [1.82, 2.24) is 25.2 Å². The molecule has 1 amide bonds. The molecule has 2 fully saturated rings. The molecule has 0 aliphatic carbocycles. The number of rotatable bonds is 5. The Bertz CT molecular complexity index is 1070. The summed E-state index contributed by atoms with van der Waals surface area (Å²) in [6, 6.07) is 0.0965. The van der Waals surface area contributed by atoms with Gasteiger partial charge in [-0.15, -0.1) is 0 Å². The van der Waals surface area contributed by atoms with Crippen molar-refractivity contribution in [3.05, 3.63) is 11.0 Å². The van der Waals surface area contributed by atoms with Gasteiger partial charge in [-0.05, 0) is 46.3 Å². The van der Waals surface area contributed by atoms with Crippen LogP contribution in [0.25, 0.3) is 10.9 Å². The summed E-state index contributed by atoms with van der Waals surface area (Å²) in [7, 11) is 0. The number of fused-ring (bicyclic) bond motifs is 3. The molecule has 0 spiro atoms. The molecule has 0 saturated carbocycles. The molecule has 2 saturated heterocycles. The molecule has 3 atom stereocenters. The van der Waals surface area contributed by atoms with Gasteiger partial charge < -0.3 is 19.9 Å². The number of halogens is 2. The van der Waals surface area contributed by atoms with E-state index in [9.17, 15) is 14.3 Å². The molecule has 4 heterocycles. The molecule has 2 aromatic rings. The fourth-order valence-electron chi connectivity index (χ4n) is 4.38. The SMILES string of the molecule is CSc1nc(O)c2c(OCC[C@H]3NC[C@H]4CC[C@@H]3N4C(=O)OC(C)(C)C)nc(Cl)c(F)c2n1. The summed E-state index contributed by atoms with van der Waals surface area (Å²) in [5, 5.41) is 13.6. The topological polar surface area (TPSA) is 110 Å². The van der Waals surface area contributed by atoms with E-state index in [0.29, 0.717) is 13.0 Å². The number of thioether (sulfide) groups is 1. The zero-order chi connectivity index (χ0) is 23.9. The van der Waals surface area contributed by atoms with E-state index in [1.54, 1.807) is 6.26 Å². The lowest BCUT2D eigenvalue weighted by atomic mass is 10.0. The predicted octanol–water partition coefficient (Wildman–Crippen LogP) is 3.75. The lowest BCUT2D eigenvalue weighted by Gasteiger charge is -2.41. The van der Waals surface area contributed by atoms with E-state index in [4.69, 9.17) is 21.1 Å². The summed E-state index contributed by atoms with van der Waals surface area (Å²) >= 11 is 7.10. The third kappa shape index (κ3) is 4.90. The second-order valence-electron chi connectivity index (χ2n) is 9.12. The van der Waals surface area contributed by atoms with Gasteiger partial charge in [0, 0.05) is 18.6 Å². The fourth-order valence-corrected chi connectivity index (χ4v) is 4.91. The molecular formula is C21H27ClFN5O4S. The van der Waals surface area contributed by atoms with Crippen LogP contribution in [0.5, 0.6) is 11.8 Å². The standard InChI is InChI=1S/C21H27ClFN5O4S/c1-21(2,3)32-20(30)28-10-5-6-12(28)11(24-9-10)7-8-31-18-13-15(14(23)16(22)26-18)25-19(33-4)27-17(13)29/h10-12,24H,5-9H2,1-4H3,(H,25,27,29)/t10-,11-,12+/m1/s1. The first kappa shape index (κ1) is 24.0. The fraction of sp³-hybridized carbons (Fsp3) is 0.619. The Labute approximate surface area is 200 Å². The molecule has 2 bridgehead atoms. The van der Waals surface area contributed by atoms with E-state index >= 15 is 0 Å². The number of aromatic nitrogens is 3. The molecule has 33 heavy (non-hydrogen) atoms. The Hall–Kier alpha value is -2.11. The van der Waals surface area contributed by atoms with E-state index in [1.807, 2.05) is 25.7 Å². The van der Waals surface area contributed by atoms with Crippen LogP contribution in [0, 0.1) is 5.82 Å². The maximum atomic E-state index is 14.5. The number of ether oxygens (including phenoxy) is 2. The zero-order valence-corrected chi connectivity index (χ0v) is 20.5. The summed E-state index contributed by atoms with van der Waals surface area (Å²) in [5.74, 6) is -1.30. The van der Waals surface area contributed by atoms with Gasteiger partial charge in [-0.3, -0.25) is 4.90 Å². The maximum Gasteiger partial charge on any atom is 0.410 e. The molecule has 4 rings (SSSR count). The van der Waals surface area contributed by atoms with Gasteiger partial charge in [0.1, 0.15) is 16.5 Å². The molecule has 2 aliphatic heterocycles. The summed E-state index contributed by atoms with van der Waals surface area (Å²) in [6.45, 7) is 6.44. The number of carbonyl (C=O) groups excluding carboxylic acids is 1. The number of piperazine rings is 1. The van der Waals surface area contributed by atoms with Crippen molar-refractivity contribution < 1.29 is 23.8 Å². The predicted molar refractivity (Wildman–Crippen MR) is 123 cm³/mol. The van der Waals surface area contributed by atoms with Crippen LogP contribution in [0.3, 0.4) is 0 Å². The van der Waals surface area contributed by atoms with E-state index in [-0.39, 0.29) is 52.8 Å². The summed E-state index contributed by atoms with van der Waals surface area (Å²) in [6.07, 6.45) is 3.75. The first-order valence-electron chi connectivity index (χ1n) is 10.8. The van der Waals surface area contributed by atoms with E-state index < -0.39 is 22.5 Å². The number of pyridine rings is 1. The van der Waals surface area contributed by atoms with Gasteiger partial charge in [0.25, 0.3) is 0 Å². The first-order valence-corrected chi connectivity index (χ1v) is 12.4. The molecule has 180 valence electrons. The average Bonchev–Trinajstić information content (AvgIpc) is 3.06. The number of hydrogen-bond donors (Lipinski definition) is 2. The van der Waals surface area contributed by atoms with Crippen molar-refractivity contribution in [1.29, 1.82) is 0 Å². The minimum absolute atomic E-state index is 0.00797. The Balaban J connectivity index is 1.48. The highest BCUT2D eigenvalue weighted by Gasteiger charge is 2.46. The quantitative estimate of drug-likeness (QED) is 0.361. The van der Waals surface area contributed by atoms with Crippen LogP contribution in [0.15, 0.2) is 5.16 Å². The molecule has 12 heteroatoms. The zero-order valence-electron chi connectivity index (χ0n) is 18.9. The third-order valence-electron chi connectivity index (χ3n) is 5.75. The van der Waals surface area contributed by atoms with Crippen LogP contribution in [0.4, 0.5) is 9.18 Å². The summed E-state index contributed by atoms with van der Waals surface area (Å²) in [5.41, 5.74) is -0.707. The molecule has 2 N–H and O–H groups in total. The van der Waals surface area contributed by atoms with Crippen LogP contribution in [-0.2, 0) is 4.74 Å². The van der Waals surface area contributed by atoms with Crippen LogP contribution >= 0.6 is 23.4 Å². The number of nitrogens with zero attached hydrogens (tertiary/aromatic N) is 4. The Morgan fingerprint density at radius 2 is 2.09 bits per heavy atom. The van der Waals surface area contributed by atoms with Crippen molar-refractivity contribution in [2.24, 2.45) is 0 Å². The van der Waals surface area contributed by atoms with Crippen molar-refractivity contribution in [2.75, 3.05) is 19.4 Å². The van der Waals surface area contributed by atoms with Gasteiger partial charge in [-0.1, -0.05) is 23.4 Å². The first-order chi connectivity index (χ1) is 15.6. The minimum atomic E-state index is -0.842. The number of carbonyl (C=O) groups is 1. The van der Waals surface area contributed by atoms with Crippen molar-refractivity contribution in [3.63, 3.8) is 0 Å². The smallest absolute Gasteiger partial charge is 0.410 e. The molecule has 0 radical (unpaired) electrons. The molecule has 2 aromatic heterocycles. The van der Waals surface area contributed by atoms with Gasteiger partial charge in [0.2, 0.25) is 11.8 Å². The van der Waals surface area contributed by atoms with E-state index in [0.717, 1.165) is 24.6 Å². The second-order valence-corrected chi connectivity index (χ2v) is 10.2. The van der Waals surface area contributed by atoms with Crippen LogP contribution < -0.4 is 10.1 Å². The van der Waals surface area contributed by atoms with Gasteiger partial charge in [0.05, 0.1) is 12.6 Å². The summed E-state index contributed by atoms with van der Waals surface area (Å²) < 4.78 is 25.9. The Morgan fingerprint density at radius 1 is 1.33 bits per heavy atom. The minimum Gasteiger partial charge on any atom is -0.493 e. The lowest BCUT2D eigenvalue weighted by molar-refractivity contribution is 0.00288. The maximum absolute atomic E-state index is 14.5. The van der Waals surface area contributed by atoms with Gasteiger partial charge in [-0.2, -0.15) is 9.97 Å². The number of nitrogens with one attached hydrogen (secondary N) is 1. The molecule has 0 unspecified atom stereocenters. The highest BCUT2D eigenvalue weighted by Crippen LogP contribution is 2.36. The van der Waals surface area contributed by atoms with Crippen LogP contribution in [-0.4, -0.2) is 74.2 Å². The second kappa shape index (κ2) is 9.27. The Morgan fingerprint density at radius 3 is 2.79 bits per heavy atom. The molecule has 9 nitrogen and oxygen atoms in total. The highest BCUT2D eigenvalue weighted by atomic mass is 35.5. The number of hydrogen-bond acceptors (Lipinski definition) is 9. The van der Waals surface area contributed by atoms with Gasteiger partial charge in [-0.25, -0.2) is 14.2 Å². The van der Waals surface area contributed by atoms with Crippen LogP contribution in [0.2, 0.25) is 5.15 Å². The van der Waals surface area contributed by atoms with E-state index in [2.05, 4.69) is 20.3 Å². The third-order valence-corrected chi connectivity index (χ3v) is 6.55. The monoisotopic (exact) mass is 499 g/mol. The molecule has 2 aliphatic rings. The lowest BCUT2D eigenvalue weighted by Crippen LogP contribution is -2.60. The largest absolute Gasteiger partial charge is 0.493 e. The summed E-state index contributed by atoms with van der Waals surface area (Å²) in [4.78, 5) is 26.6. The Kier molecular flexibility index (Phi) is 6.75. The van der Waals surface area contributed by atoms with Gasteiger partial charge >= 0.3 is 6.09 Å². The van der Waals surface area contributed by atoms with Crippen molar-refractivity contribution >= 4 is 40.4 Å². The number of amides is 1. The van der Waals surface area contributed by atoms with E-state index in [1.165, 1.54) is 0 Å². The number of aromatic hydroxyl groups is 1. The highest BCUT2D eigenvalue weighted by molar-refractivity contribution is 7.98. The van der Waals surface area contributed by atoms with Crippen LogP contribution in [0.1, 0.15) is 40.0 Å². The average molecular weight is 500 g/mol. The normalized spacial score (nSPS) is 22.6. The van der Waals surface area contributed by atoms with Crippen molar-refractivity contribution in [2.45, 2.75) is 68.9 Å². The van der Waals surface area contributed by atoms with Gasteiger partial charge in [0.15, 0.2) is 16.1 Å².